The van der Waals surface area contributed by atoms with Gasteiger partial charge in [-0.15, -0.1) is 11.3 Å². The van der Waals surface area contributed by atoms with Gasteiger partial charge in [-0.25, -0.2) is 4.79 Å². The third kappa shape index (κ3) is 3.30. The summed E-state index contributed by atoms with van der Waals surface area (Å²) in [5.41, 5.74) is -0.842. The maximum atomic E-state index is 11.8. The summed E-state index contributed by atoms with van der Waals surface area (Å²) >= 11 is 1.36. The lowest BCUT2D eigenvalue weighted by atomic mass is 10.1. The summed E-state index contributed by atoms with van der Waals surface area (Å²) in [7, 11) is 0. The number of aryl methyl sites for hydroxylation is 2. The van der Waals surface area contributed by atoms with Crippen molar-refractivity contribution in [2.45, 2.75) is 32.8 Å². The standard InChI is InChI=1S/C12H17NO4S/c1-4-8-5-9(18-7(8)2)10(14)13-6-12(3,17)11(15)16/h5,17H,4,6H2,1-3H3,(H,13,14)(H,15,16). The predicted octanol–water partition coefficient (Wildman–Crippen LogP) is 1.18. The van der Waals surface area contributed by atoms with Crippen LogP contribution in [0.25, 0.3) is 0 Å². The van der Waals surface area contributed by atoms with E-state index in [1.807, 2.05) is 13.8 Å². The first kappa shape index (κ1) is 14.7. The van der Waals surface area contributed by atoms with Crippen LogP contribution in [0.2, 0.25) is 0 Å². The summed E-state index contributed by atoms with van der Waals surface area (Å²) in [6.07, 6.45) is 0.850. The van der Waals surface area contributed by atoms with Gasteiger partial charge in [0, 0.05) is 4.88 Å². The van der Waals surface area contributed by atoms with E-state index in [0.717, 1.165) is 23.8 Å². The van der Waals surface area contributed by atoms with Gasteiger partial charge in [-0.05, 0) is 31.9 Å². The Morgan fingerprint density at radius 2 is 2.11 bits per heavy atom. The molecule has 1 aromatic heterocycles. The molecule has 1 aromatic rings. The van der Waals surface area contributed by atoms with Crippen molar-refractivity contribution in [1.82, 2.24) is 5.32 Å². The van der Waals surface area contributed by atoms with Crippen LogP contribution < -0.4 is 5.32 Å². The van der Waals surface area contributed by atoms with Crippen molar-refractivity contribution in [1.29, 1.82) is 0 Å². The van der Waals surface area contributed by atoms with Crippen LogP contribution in [0, 0.1) is 6.92 Å². The molecule has 0 spiro atoms. The number of aliphatic hydroxyl groups is 1. The first-order chi connectivity index (χ1) is 8.27. The second-order valence-electron chi connectivity index (χ2n) is 4.31. The number of carbonyl (C=O) groups excluding carboxylic acids is 1. The topological polar surface area (TPSA) is 86.6 Å². The molecule has 0 saturated carbocycles. The van der Waals surface area contributed by atoms with Gasteiger partial charge < -0.3 is 15.5 Å². The Hall–Kier alpha value is -1.40. The number of carbonyl (C=O) groups is 2. The molecule has 1 unspecified atom stereocenters. The number of carboxylic acid groups (broad SMARTS) is 1. The molecule has 0 radical (unpaired) electrons. The molecule has 0 fully saturated rings. The highest BCUT2D eigenvalue weighted by molar-refractivity contribution is 7.14. The van der Waals surface area contributed by atoms with Crippen LogP contribution in [0.1, 0.15) is 34.0 Å². The van der Waals surface area contributed by atoms with E-state index in [1.54, 1.807) is 6.07 Å². The summed E-state index contributed by atoms with van der Waals surface area (Å²) in [5, 5.41) is 20.6. The Morgan fingerprint density at radius 3 is 2.56 bits per heavy atom. The average molecular weight is 271 g/mol. The number of rotatable bonds is 5. The highest BCUT2D eigenvalue weighted by atomic mass is 32.1. The number of hydrogen-bond acceptors (Lipinski definition) is 4. The average Bonchev–Trinajstić information content (AvgIpc) is 2.67. The lowest BCUT2D eigenvalue weighted by Crippen LogP contribution is -2.46. The van der Waals surface area contributed by atoms with Crippen molar-refractivity contribution in [2.75, 3.05) is 6.54 Å². The SMILES string of the molecule is CCc1cc(C(=O)NCC(C)(O)C(=O)O)sc1C. The van der Waals surface area contributed by atoms with Crippen LogP contribution in [-0.2, 0) is 11.2 Å². The van der Waals surface area contributed by atoms with Gasteiger partial charge in [0.05, 0.1) is 11.4 Å². The molecule has 0 aliphatic rings. The number of thiophene rings is 1. The van der Waals surface area contributed by atoms with Crippen molar-refractivity contribution in [2.24, 2.45) is 0 Å². The van der Waals surface area contributed by atoms with Crippen molar-refractivity contribution >= 4 is 23.2 Å². The number of amides is 1. The van der Waals surface area contributed by atoms with E-state index >= 15 is 0 Å². The van der Waals surface area contributed by atoms with Crippen molar-refractivity contribution in [3.05, 3.63) is 21.4 Å². The molecule has 6 heteroatoms. The Labute approximate surface area is 109 Å². The van der Waals surface area contributed by atoms with Gasteiger partial charge in [0.2, 0.25) is 0 Å². The molecule has 0 bridgehead atoms. The van der Waals surface area contributed by atoms with Gasteiger partial charge in [0.15, 0.2) is 5.60 Å². The summed E-state index contributed by atoms with van der Waals surface area (Å²) in [6.45, 7) is 4.77. The number of carboxylic acids is 1. The molecular weight excluding hydrogens is 254 g/mol. The van der Waals surface area contributed by atoms with Crippen molar-refractivity contribution < 1.29 is 19.8 Å². The molecule has 1 rings (SSSR count). The molecule has 0 aliphatic heterocycles. The van der Waals surface area contributed by atoms with Gasteiger partial charge in [-0.2, -0.15) is 0 Å². The molecule has 0 aromatic carbocycles. The lowest BCUT2D eigenvalue weighted by Gasteiger charge is -2.17. The summed E-state index contributed by atoms with van der Waals surface area (Å²) < 4.78 is 0. The van der Waals surface area contributed by atoms with Crippen molar-refractivity contribution in [3.8, 4) is 0 Å². The molecule has 0 aliphatic carbocycles. The Kier molecular flexibility index (Phi) is 4.48. The van der Waals surface area contributed by atoms with Gasteiger partial charge >= 0.3 is 5.97 Å². The van der Waals surface area contributed by atoms with Gasteiger partial charge in [0.1, 0.15) is 0 Å². The lowest BCUT2D eigenvalue weighted by molar-refractivity contribution is -0.155. The van der Waals surface area contributed by atoms with E-state index in [2.05, 4.69) is 5.32 Å². The second-order valence-corrected chi connectivity index (χ2v) is 5.56. The van der Waals surface area contributed by atoms with E-state index in [1.165, 1.54) is 11.3 Å². The molecular formula is C12H17NO4S. The highest BCUT2D eigenvalue weighted by Gasteiger charge is 2.30. The predicted molar refractivity (Wildman–Crippen MR) is 69.0 cm³/mol. The first-order valence-electron chi connectivity index (χ1n) is 5.61. The Bertz CT molecular complexity index is 465. The summed E-state index contributed by atoms with van der Waals surface area (Å²) in [5.74, 6) is -1.72. The van der Waals surface area contributed by atoms with Crippen molar-refractivity contribution in [3.63, 3.8) is 0 Å². The first-order valence-corrected chi connectivity index (χ1v) is 6.43. The zero-order chi connectivity index (χ0) is 13.9. The minimum Gasteiger partial charge on any atom is -0.479 e. The Morgan fingerprint density at radius 1 is 1.50 bits per heavy atom. The number of hydrogen-bond donors (Lipinski definition) is 3. The molecule has 1 atom stereocenters. The highest BCUT2D eigenvalue weighted by Crippen LogP contribution is 2.21. The molecule has 18 heavy (non-hydrogen) atoms. The third-order valence-electron chi connectivity index (χ3n) is 2.68. The van der Waals surface area contributed by atoms with Crippen LogP contribution in [0.5, 0.6) is 0 Å². The number of nitrogens with one attached hydrogen (secondary N) is 1. The van der Waals surface area contributed by atoms with E-state index in [0.29, 0.717) is 4.88 Å². The van der Waals surface area contributed by atoms with Gasteiger partial charge in [-0.1, -0.05) is 6.92 Å². The fourth-order valence-corrected chi connectivity index (χ4v) is 2.43. The minimum absolute atomic E-state index is 0.320. The van der Waals surface area contributed by atoms with Gasteiger partial charge in [0.25, 0.3) is 5.91 Å². The van der Waals surface area contributed by atoms with E-state index < -0.39 is 11.6 Å². The van der Waals surface area contributed by atoms with E-state index in [-0.39, 0.29) is 12.5 Å². The summed E-state index contributed by atoms with van der Waals surface area (Å²) in [4.78, 5) is 24.1. The molecule has 1 heterocycles. The molecule has 5 nitrogen and oxygen atoms in total. The molecule has 100 valence electrons. The fourth-order valence-electron chi connectivity index (χ4n) is 1.40. The zero-order valence-corrected chi connectivity index (χ0v) is 11.4. The zero-order valence-electron chi connectivity index (χ0n) is 10.6. The van der Waals surface area contributed by atoms with Crippen LogP contribution in [0.3, 0.4) is 0 Å². The van der Waals surface area contributed by atoms with Gasteiger partial charge in [-0.3, -0.25) is 4.79 Å². The third-order valence-corrected chi connectivity index (χ3v) is 3.77. The fraction of sp³-hybridized carbons (Fsp3) is 0.500. The van der Waals surface area contributed by atoms with E-state index in [4.69, 9.17) is 5.11 Å². The second kappa shape index (κ2) is 5.49. The van der Waals surface area contributed by atoms with Crippen LogP contribution in [0.15, 0.2) is 6.07 Å². The quantitative estimate of drug-likeness (QED) is 0.750. The number of aliphatic carboxylic acids is 1. The minimum atomic E-state index is -1.95. The molecule has 1 amide bonds. The molecule has 0 saturated heterocycles. The maximum Gasteiger partial charge on any atom is 0.337 e. The summed E-state index contributed by atoms with van der Waals surface area (Å²) in [6, 6.07) is 1.80. The van der Waals surface area contributed by atoms with E-state index in [9.17, 15) is 14.7 Å². The molecule has 3 N–H and O–H groups in total. The normalized spacial score (nSPS) is 14.0. The largest absolute Gasteiger partial charge is 0.479 e. The smallest absolute Gasteiger partial charge is 0.337 e. The Balaban J connectivity index is 2.69. The van der Waals surface area contributed by atoms with Crippen LogP contribution >= 0.6 is 11.3 Å². The van der Waals surface area contributed by atoms with Crippen LogP contribution in [0.4, 0.5) is 0 Å². The maximum absolute atomic E-state index is 11.8. The van der Waals surface area contributed by atoms with Crippen LogP contribution in [-0.4, -0.2) is 34.2 Å². The monoisotopic (exact) mass is 271 g/mol.